The Hall–Kier alpha value is -1.39. The van der Waals surface area contributed by atoms with Crippen LogP contribution in [0, 0.1) is 0 Å². The predicted molar refractivity (Wildman–Crippen MR) is 82.6 cm³/mol. The highest BCUT2D eigenvalue weighted by Gasteiger charge is 2.07. The summed E-state index contributed by atoms with van der Waals surface area (Å²) in [6, 6.07) is 11.0. The molecule has 2 rings (SSSR count). The molecule has 0 saturated heterocycles. The van der Waals surface area contributed by atoms with E-state index in [2.05, 4.69) is 60.4 Å². The number of rotatable bonds is 6. The third-order valence-corrected chi connectivity index (χ3v) is 3.93. The fourth-order valence-corrected chi connectivity index (χ4v) is 2.61. The third-order valence-electron chi connectivity index (χ3n) is 2.82. The SMILES string of the molecule is CC(C)NCc1cnc(N(C)Cc2ccccc2)s1. The molecule has 0 fully saturated rings. The molecule has 102 valence electrons. The average Bonchev–Trinajstić information content (AvgIpc) is 2.86. The Morgan fingerprint density at radius 3 is 2.68 bits per heavy atom. The first kappa shape index (κ1) is 14.0. The number of hydrogen-bond acceptors (Lipinski definition) is 4. The van der Waals surface area contributed by atoms with E-state index in [0.717, 1.165) is 18.2 Å². The Morgan fingerprint density at radius 2 is 2.00 bits per heavy atom. The van der Waals surface area contributed by atoms with Crippen LogP contribution in [-0.4, -0.2) is 18.1 Å². The van der Waals surface area contributed by atoms with Gasteiger partial charge in [-0.25, -0.2) is 4.98 Å². The maximum Gasteiger partial charge on any atom is 0.185 e. The molecule has 0 aliphatic rings. The van der Waals surface area contributed by atoms with Crippen molar-refractivity contribution in [3.05, 3.63) is 47.0 Å². The lowest BCUT2D eigenvalue weighted by atomic mass is 10.2. The van der Waals surface area contributed by atoms with E-state index in [9.17, 15) is 0 Å². The Bertz CT molecular complexity index is 493. The fourth-order valence-electron chi connectivity index (χ4n) is 1.79. The summed E-state index contributed by atoms with van der Waals surface area (Å²) in [6.07, 6.45) is 1.97. The lowest BCUT2D eigenvalue weighted by Crippen LogP contribution is -2.21. The molecule has 0 spiro atoms. The normalized spacial score (nSPS) is 10.9. The summed E-state index contributed by atoms with van der Waals surface area (Å²) < 4.78 is 0. The number of thiazole rings is 1. The maximum atomic E-state index is 4.49. The first-order chi connectivity index (χ1) is 9.15. The summed E-state index contributed by atoms with van der Waals surface area (Å²) in [6.45, 7) is 6.10. The quantitative estimate of drug-likeness (QED) is 0.877. The third kappa shape index (κ3) is 4.33. The van der Waals surface area contributed by atoms with Gasteiger partial charge in [-0.2, -0.15) is 0 Å². The summed E-state index contributed by atoms with van der Waals surface area (Å²) in [7, 11) is 2.09. The molecule has 1 aromatic heterocycles. The van der Waals surface area contributed by atoms with Gasteiger partial charge in [-0.05, 0) is 5.56 Å². The Kier molecular flexibility index (Phi) is 4.93. The summed E-state index contributed by atoms with van der Waals surface area (Å²) >= 11 is 1.75. The number of aromatic nitrogens is 1. The Labute approximate surface area is 119 Å². The van der Waals surface area contributed by atoms with Crippen LogP contribution >= 0.6 is 11.3 Å². The summed E-state index contributed by atoms with van der Waals surface area (Å²) in [5.74, 6) is 0. The Morgan fingerprint density at radius 1 is 1.26 bits per heavy atom. The highest BCUT2D eigenvalue weighted by Crippen LogP contribution is 2.22. The minimum absolute atomic E-state index is 0.507. The summed E-state index contributed by atoms with van der Waals surface area (Å²) in [5.41, 5.74) is 1.31. The van der Waals surface area contributed by atoms with E-state index in [4.69, 9.17) is 0 Å². The van der Waals surface area contributed by atoms with Crippen LogP contribution in [0.3, 0.4) is 0 Å². The van der Waals surface area contributed by atoms with Crippen molar-refractivity contribution in [3.8, 4) is 0 Å². The van der Waals surface area contributed by atoms with Crippen LogP contribution in [0.25, 0.3) is 0 Å². The molecule has 0 atom stereocenters. The second-order valence-electron chi connectivity index (χ2n) is 4.99. The molecule has 4 heteroatoms. The first-order valence-corrected chi connectivity index (χ1v) is 7.40. The largest absolute Gasteiger partial charge is 0.347 e. The number of benzene rings is 1. The van der Waals surface area contributed by atoms with Gasteiger partial charge in [0.05, 0.1) is 0 Å². The van der Waals surface area contributed by atoms with Gasteiger partial charge in [0, 0.05) is 37.3 Å². The van der Waals surface area contributed by atoms with Gasteiger partial charge in [0.15, 0.2) is 5.13 Å². The molecule has 19 heavy (non-hydrogen) atoms. The first-order valence-electron chi connectivity index (χ1n) is 6.58. The molecule has 0 aliphatic heterocycles. The molecule has 0 saturated carbocycles. The van der Waals surface area contributed by atoms with Gasteiger partial charge in [0.2, 0.25) is 0 Å². The van der Waals surface area contributed by atoms with Crippen molar-refractivity contribution < 1.29 is 0 Å². The highest BCUT2D eigenvalue weighted by molar-refractivity contribution is 7.15. The number of nitrogens with one attached hydrogen (secondary N) is 1. The van der Waals surface area contributed by atoms with Crippen LogP contribution in [0.2, 0.25) is 0 Å². The lowest BCUT2D eigenvalue weighted by molar-refractivity contribution is 0.593. The minimum Gasteiger partial charge on any atom is -0.347 e. The molecule has 1 heterocycles. The number of nitrogens with zero attached hydrogens (tertiary/aromatic N) is 2. The highest BCUT2D eigenvalue weighted by atomic mass is 32.1. The molecule has 3 nitrogen and oxygen atoms in total. The van der Waals surface area contributed by atoms with Crippen molar-refractivity contribution in [3.63, 3.8) is 0 Å². The molecular formula is C15H21N3S. The number of anilines is 1. The molecule has 2 aromatic rings. The zero-order valence-corrected chi connectivity index (χ0v) is 12.6. The van der Waals surface area contributed by atoms with E-state index in [1.54, 1.807) is 11.3 Å². The van der Waals surface area contributed by atoms with Crippen molar-refractivity contribution in [1.29, 1.82) is 0 Å². The van der Waals surface area contributed by atoms with Crippen molar-refractivity contribution in [2.75, 3.05) is 11.9 Å². The zero-order chi connectivity index (χ0) is 13.7. The fraction of sp³-hybridized carbons (Fsp3) is 0.400. The van der Waals surface area contributed by atoms with E-state index in [0.29, 0.717) is 6.04 Å². The molecule has 0 aliphatic carbocycles. The predicted octanol–water partition coefficient (Wildman–Crippen LogP) is 3.28. The van der Waals surface area contributed by atoms with Crippen molar-refractivity contribution in [2.45, 2.75) is 33.0 Å². The van der Waals surface area contributed by atoms with Crippen LogP contribution in [0.4, 0.5) is 5.13 Å². The van der Waals surface area contributed by atoms with E-state index < -0.39 is 0 Å². The van der Waals surface area contributed by atoms with Gasteiger partial charge in [-0.1, -0.05) is 44.2 Å². The topological polar surface area (TPSA) is 28.2 Å². The standard InChI is InChI=1S/C15H21N3S/c1-12(2)16-9-14-10-17-15(19-14)18(3)11-13-7-5-4-6-8-13/h4-8,10,12,16H,9,11H2,1-3H3. The summed E-state index contributed by atoms with van der Waals surface area (Å²) in [5, 5.41) is 4.49. The van der Waals surface area contributed by atoms with E-state index >= 15 is 0 Å². The van der Waals surface area contributed by atoms with E-state index in [-0.39, 0.29) is 0 Å². The van der Waals surface area contributed by atoms with Crippen molar-refractivity contribution >= 4 is 16.5 Å². The van der Waals surface area contributed by atoms with Crippen LogP contribution < -0.4 is 10.2 Å². The van der Waals surface area contributed by atoms with Gasteiger partial charge in [-0.3, -0.25) is 0 Å². The maximum absolute atomic E-state index is 4.49. The summed E-state index contributed by atoms with van der Waals surface area (Å²) in [4.78, 5) is 7.97. The van der Waals surface area contributed by atoms with Gasteiger partial charge in [-0.15, -0.1) is 11.3 Å². The monoisotopic (exact) mass is 275 g/mol. The molecular weight excluding hydrogens is 254 g/mol. The number of hydrogen-bond donors (Lipinski definition) is 1. The molecule has 0 unspecified atom stereocenters. The molecule has 0 bridgehead atoms. The second-order valence-corrected chi connectivity index (χ2v) is 6.08. The van der Waals surface area contributed by atoms with Gasteiger partial charge >= 0.3 is 0 Å². The smallest absolute Gasteiger partial charge is 0.185 e. The van der Waals surface area contributed by atoms with Crippen LogP contribution in [0.1, 0.15) is 24.3 Å². The lowest BCUT2D eigenvalue weighted by Gasteiger charge is -2.15. The second kappa shape index (κ2) is 6.68. The van der Waals surface area contributed by atoms with Crippen molar-refractivity contribution in [1.82, 2.24) is 10.3 Å². The van der Waals surface area contributed by atoms with E-state index in [1.807, 2.05) is 12.3 Å². The van der Waals surface area contributed by atoms with Gasteiger partial charge < -0.3 is 10.2 Å². The molecule has 1 N–H and O–H groups in total. The van der Waals surface area contributed by atoms with Crippen molar-refractivity contribution in [2.24, 2.45) is 0 Å². The van der Waals surface area contributed by atoms with Gasteiger partial charge in [0.1, 0.15) is 0 Å². The molecule has 1 aromatic carbocycles. The van der Waals surface area contributed by atoms with E-state index in [1.165, 1.54) is 10.4 Å². The molecule has 0 radical (unpaired) electrons. The average molecular weight is 275 g/mol. The Balaban J connectivity index is 1.94. The van der Waals surface area contributed by atoms with Crippen LogP contribution in [-0.2, 0) is 13.1 Å². The van der Waals surface area contributed by atoms with Crippen LogP contribution in [0.15, 0.2) is 36.5 Å². The minimum atomic E-state index is 0.507. The van der Waals surface area contributed by atoms with Crippen LogP contribution in [0.5, 0.6) is 0 Å². The van der Waals surface area contributed by atoms with Gasteiger partial charge in [0.25, 0.3) is 0 Å². The zero-order valence-electron chi connectivity index (χ0n) is 11.8. The molecule has 0 amide bonds.